The van der Waals surface area contributed by atoms with Crippen molar-refractivity contribution in [2.75, 3.05) is 5.75 Å². The molecule has 1 unspecified atom stereocenters. The van der Waals surface area contributed by atoms with Crippen LogP contribution in [0, 0.1) is 0 Å². The minimum absolute atomic E-state index is 0.327. The van der Waals surface area contributed by atoms with Gasteiger partial charge >= 0.3 is 0 Å². The fourth-order valence-corrected chi connectivity index (χ4v) is 3.65. The van der Waals surface area contributed by atoms with Gasteiger partial charge in [0.15, 0.2) is 0 Å². The summed E-state index contributed by atoms with van der Waals surface area (Å²) in [4.78, 5) is 10.9. The number of carbonyl (C=O) groups excluding carboxylic acids is 1. The topological polar surface area (TPSA) is 43.1 Å². The van der Waals surface area contributed by atoms with Crippen LogP contribution in [0.3, 0.4) is 0 Å². The van der Waals surface area contributed by atoms with Gasteiger partial charge in [-0.1, -0.05) is 0 Å². The summed E-state index contributed by atoms with van der Waals surface area (Å²) >= 11 is 3.37. The van der Waals surface area contributed by atoms with Gasteiger partial charge in [0, 0.05) is 18.6 Å². The van der Waals surface area contributed by atoms with Gasteiger partial charge in [-0.05, 0) is 28.8 Å². The van der Waals surface area contributed by atoms with Crippen LogP contribution in [0.5, 0.6) is 0 Å². The molecule has 0 amide bonds. The van der Waals surface area contributed by atoms with Crippen molar-refractivity contribution < 1.29 is 4.79 Å². The predicted molar refractivity (Wildman–Crippen MR) is 61.5 cm³/mol. The van der Waals surface area contributed by atoms with E-state index in [-0.39, 0.29) is 4.87 Å². The summed E-state index contributed by atoms with van der Waals surface area (Å²) < 4.78 is 0. The number of Topliss-reactive ketones (excluding diaryl/α,β-unsaturated/α-hetero) is 1. The van der Waals surface area contributed by atoms with Crippen molar-refractivity contribution in [2.24, 2.45) is 5.73 Å². The SMILES string of the molecule is NC1(c2ccsc2)CCC(=O)CCS1. The third kappa shape index (κ3) is 2.02. The van der Waals surface area contributed by atoms with Crippen molar-refractivity contribution in [3.63, 3.8) is 0 Å². The van der Waals surface area contributed by atoms with Gasteiger partial charge in [-0.3, -0.25) is 4.79 Å². The predicted octanol–water partition coefficient (Wildman–Crippen LogP) is 2.35. The van der Waals surface area contributed by atoms with Gasteiger partial charge in [-0.25, -0.2) is 0 Å². The fraction of sp³-hybridized carbons (Fsp3) is 0.500. The number of ketones is 1. The first kappa shape index (κ1) is 10.2. The van der Waals surface area contributed by atoms with Gasteiger partial charge in [0.05, 0.1) is 4.87 Å². The molecule has 76 valence electrons. The Hall–Kier alpha value is -0.320. The fourth-order valence-electron chi connectivity index (χ4n) is 1.60. The molecule has 2 nitrogen and oxygen atoms in total. The molecular formula is C10H13NOS2. The van der Waals surface area contributed by atoms with Crippen LogP contribution in [0.2, 0.25) is 0 Å². The Labute approximate surface area is 91.9 Å². The zero-order valence-electron chi connectivity index (χ0n) is 7.86. The molecular weight excluding hydrogens is 214 g/mol. The molecule has 1 aliphatic heterocycles. The van der Waals surface area contributed by atoms with Crippen LogP contribution in [0.25, 0.3) is 0 Å². The first-order chi connectivity index (χ1) is 6.71. The molecule has 0 bridgehead atoms. The van der Waals surface area contributed by atoms with Crippen molar-refractivity contribution in [1.82, 2.24) is 0 Å². The molecule has 1 fully saturated rings. The molecule has 4 heteroatoms. The summed E-state index contributed by atoms with van der Waals surface area (Å²) in [6.07, 6.45) is 2.07. The highest BCUT2D eigenvalue weighted by Gasteiger charge is 2.31. The average Bonchev–Trinajstić information content (AvgIpc) is 2.63. The molecule has 1 aromatic rings. The van der Waals surface area contributed by atoms with E-state index in [9.17, 15) is 4.79 Å². The van der Waals surface area contributed by atoms with E-state index in [1.54, 1.807) is 23.1 Å². The zero-order chi connectivity index (χ0) is 10.0. The largest absolute Gasteiger partial charge is 0.313 e. The number of carbonyl (C=O) groups is 1. The van der Waals surface area contributed by atoms with E-state index in [2.05, 4.69) is 11.4 Å². The highest BCUT2D eigenvalue weighted by atomic mass is 32.2. The number of thiophene rings is 1. The summed E-state index contributed by atoms with van der Waals surface area (Å²) in [5, 5.41) is 4.13. The van der Waals surface area contributed by atoms with Crippen molar-refractivity contribution in [2.45, 2.75) is 24.1 Å². The molecule has 1 atom stereocenters. The number of rotatable bonds is 1. The van der Waals surface area contributed by atoms with Crippen molar-refractivity contribution in [3.05, 3.63) is 22.4 Å². The number of hydrogen-bond acceptors (Lipinski definition) is 4. The van der Waals surface area contributed by atoms with Crippen LogP contribution in [0.4, 0.5) is 0 Å². The molecule has 2 heterocycles. The Morgan fingerprint density at radius 2 is 2.29 bits per heavy atom. The summed E-state index contributed by atoms with van der Waals surface area (Å²) in [7, 11) is 0. The van der Waals surface area contributed by atoms with E-state index in [1.165, 1.54) is 5.56 Å². The Morgan fingerprint density at radius 1 is 1.43 bits per heavy atom. The van der Waals surface area contributed by atoms with Crippen LogP contribution < -0.4 is 5.73 Å². The minimum Gasteiger partial charge on any atom is -0.313 e. The quantitative estimate of drug-likeness (QED) is 0.801. The second kappa shape index (κ2) is 4.04. The third-order valence-corrected chi connectivity index (χ3v) is 4.57. The van der Waals surface area contributed by atoms with E-state index in [0.29, 0.717) is 18.6 Å². The molecule has 0 saturated carbocycles. The lowest BCUT2D eigenvalue weighted by atomic mass is 10.0. The second-order valence-electron chi connectivity index (χ2n) is 3.54. The number of thioether (sulfide) groups is 1. The number of hydrogen-bond donors (Lipinski definition) is 1. The molecule has 14 heavy (non-hydrogen) atoms. The van der Waals surface area contributed by atoms with Crippen molar-refractivity contribution in [1.29, 1.82) is 0 Å². The van der Waals surface area contributed by atoms with Crippen LogP contribution >= 0.6 is 23.1 Å². The van der Waals surface area contributed by atoms with E-state index in [0.717, 1.165) is 12.2 Å². The van der Waals surface area contributed by atoms with Gasteiger partial charge in [-0.15, -0.1) is 11.8 Å². The Kier molecular flexibility index (Phi) is 2.95. The summed E-state index contributed by atoms with van der Waals surface area (Å²) in [5.74, 6) is 1.20. The van der Waals surface area contributed by atoms with E-state index in [4.69, 9.17) is 5.73 Å². The lowest BCUT2D eigenvalue weighted by Crippen LogP contribution is -2.32. The van der Waals surface area contributed by atoms with E-state index >= 15 is 0 Å². The van der Waals surface area contributed by atoms with Gasteiger partial charge in [-0.2, -0.15) is 11.3 Å². The molecule has 1 aliphatic rings. The Morgan fingerprint density at radius 3 is 3.00 bits per heavy atom. The molecule has 1 aromatic heterocycles. The first-order valence-electron chi connectivity index (χ1n) is 4.68. The molecule has 0 spiro atoms. The van der Waals surface area contributed by atoms with E-state index in [1.807, 2.05) is 5.38 Å². The van der Waals surface area contributed by atoms with Crippen LogP contribution in [0.1, 0.15) is 24.8 Å². The number of nitrogens with two attached hydrogens (primary N) is 1. The molecule has 2 N–H and O–H groups in total. The van der Waals surface area contributed by atoms with Gasteiger partial charge in [0.2, 0.25) is 0 Å². The molecule has 2 rings (SSSR count). The highest BCUT2D eigenvalue weighted by Crippen LogP contribution is 2.39. The van der Waals surface area contributed by atoms with Crippen LogP contribution in [0.15, 0.2) is 16.8 Å². The maximum atomic E-state index is 11.3. The Bertz CT molecular complexity index is 323. The standard InChI is InChI=1S/C10H13NOS2/c11-10(8-2-5-13-7-8)4-1-9(12)3-6-14-10/h2,5,7H,1,3-4,6,11H2. The van der Waals surface area contributed by atoms with E-state index < -0.39 is 0 Å². The van der Waals surface area contributed by atoms with Crippen molar-refractivity contribution in [3.8, 4) is 0 Å². The normalized spacial score (nSPS) is 28.8. The second-order valence-corrected chi connectivity index (χ2v) is 5.74. The summed E-state index contributed by atoms with van der Waals surface area (Å²) in [6.45, 7) is 0. The highest BCUT2D eigenvalue weighted by molar-refractivity contribution is 8.00. The van der Waals surface area contributed by atoms with Gasteiger partial charge < -0.3 is 5.73 Å². The van der Waals surface area contributed by atoms with Crippen molar-refractivity contribution >= 4 is 28.9 Å². The summed E-state index contributed by atoms with van der Waals surface area (Å²) in [6, 6.07) is 2.06. The van der Waals surface area contributed by atoms with Gasteiger partial charge in [0.25, 0.3) is 0 Å². The maximum Gasteiger partial charge on any atom is 0.133 e. The lowest BCUT2D eigenvalue weighted by Gasteiger charge is -2.25. The minimum atomic E-state index is -0.327. The lowest BCUT2D eigenvalue weighted by molar-refractivity contribution is -0.118. The average molecular weight is 227 g/mol. The zero-order valence-corrected chi connectivity index (χ0v) is 9.50. The first-order valence-corrected chi connectivity index (χ1v) is 6.61. The Balaban J connectivity index is 2.19. The molecule has 1 saturated heterocycles. The molecule has 0 aromatic carbocycles. The molecule has 0 aliphatic carbocycles. The summed E-state index contributed by atoms with van der Waals surface area (Å²) in [5.41, 5.74) is 7.47. The third-order valence-electron chi connectivity index (χ3n) is 2.53. The van der Waals surface area contributed by atoms with Crippen LogP contribution in [-0.2, 0) is 9.67 Å². The van der Waals surface area contributed by atoms with Crippen LogP contribution in [-0.4, -0.2) is 11.5 Å². The monoisotopic (exact) mass is 227 g/mol. The van der Waals surface area contributed by atoms with Gasteiger partial charge in [0.1, 0.15) is 5.78 Å². The smallest absolute Gasteiger partial charge is 0.133 e. The molecule has 0 radical (unpaired) electrons. The maximum absolute atomic E-state index is 11.3.